The Morgan fingerprint density at radius 3 is 2.78 bits per heavy atom. The highest BCUT2D eigenvalue weighted by Crippen LogP contribution is 2.28. The molecule has 2 aliphatic rings. The molecule has 2 aliphatic heterocycles. The molecular weight excluding hydrogens is 252 g/mol. The Labute approximate surface area is 109 Å². The van der Waals surface area contributed by atoms with Gasteiger partial charge in [-0.15, -0.1) is 0 Å². The predicted molar refractivity (Wildman–Crippen MR) is 70.0 cm³/mol. The lowest BCUT2D eigenvalue weighted by Gasteiger charge is -2.24. The summed E-state index contributed by atoms with van der Waals surface area (Å²) in [5.41, 5.74) is 2.21. The molecule has 5 nitrogen and oxygen atoms in total. The van der Waals surface area contributed by atoms with Gasteiger partial charge in [-0.05, 0) is 18.4 Å². The Morgan fingerprint density at radius 2 is 2.22 bits per heavy atom. The molecule has 1 unspecified atom stereocenters. The lowest BCUT2D eigenvalue weighted by atomic mass is 10.1. The van der Waals surface area contributed by atoms with Crippen molar-refractivity contribution in [1.82, 2.24) is 4.90 Å². The number of methoxy groups -OCH3 is 1. The average Bonchev–Trinajstić information content (AvgIpc) is 2.73. The minimum absolute atomic E-state index is 0.170. The number of hydrogen-bond acceptors (Lipinski definition) is 5. The first-order valence-corrected chi connectivity index (χ1v) is 7.05. The molecule has 0 aromatic rings. The molecule has 0 aromatic carbocycles. The van der Waals surface area contributed by atoms with Gasteiger partial charge in [-0.2, -0.15) is 0 Å². The first-order chi connectivity index (χ1) is 8.62. The van der Waals surface area contributed by atoms with Gasteiger partial charge in [0.2, 0.25) is 5.17 Å². The van der Waals surface area contributed by atoms with Crippen LogP contribution in [-0.2, 0) is 20.3 Å². The minimum atomic E-state index is -1.52. The standard InChI is InChI=1S/C12H16N2O3S/c1-4-8-6-14-7-10(11(15)17-3)18(16)12(14)13-9(8)5-2/h7H,4-6H2,1-3H3. The normalized spacial score (nSPS) is 22.6. The molecule has 0 spiro atoms. The fraction of sp³-hybridized carbons (Fsp3) is 0.500. The molecule has 0 saturated carbocycles. The van der Waals surface area contributed by atoms with Crippen molar-refractivity contribution in [3.63, 3.8) is 0 Å². The van der Waals surface area contributed by atoms with Gasteiger partial charge in [0.25, 0.3) is 0 Å². The second-order valence-corrected chi connectivity index (χ2v) is 5.38. The summed E-state index contributed by atoms with van der Waals surface area (Å²) >= 11 is 0. The second kappa shape index (κ2) is 5.06. The summed E-state index contributed by atoms with van der Waals surface area (Å²) in [6, 6.07) is 0. The SMILES string of the molecule is CCC1=C(CC)N=C2N(C=C(C(=O)OC)S2=O)C1. The van der Waals surface area contributed by atoms with Crippen LogP contribution in [0.4, 0.5) is 0 Å². The smallest absolute Gasteiger partial charge is 0.348 e. The van der Waals surface area contributed by atoms with Gasteiger partial charge >= 0.3 is 5.97 Å². The number of esters is 1. The molecular formula is C12H16N2O3S. The summed E-state index contributed by atoms with van der Waals surface area (Å²) in [4.78, 5) is 17.9. The molecule has 0 bridgehead atoms. The van der Waals surface area contributed by atoms with Crippen molar-refractivity contribution >= 4 is 21.9 Å². The van der Waals surface area contributed by atoms with Crippen molar-refractivity contribution < 1.29 is 13.7 Å². The van der Waals surface area contributed by atoms with Gasteiger partial charge < -0.3 is 9.64 Å². The topological polar surface area (TPSA) is 59.0 Å². The Hall–Kier alpha value is -1.43. The third-order valence-corrected chi connectivity index (χ3v) is 4.36. The number of allylic oxidation sites excluding steroid dienone is 1. The highest BCUT2D eigenvalue weighted by atomic mass is 32.2. The maximum Gasteiger partial charge on any atom is 0.348 e. The van der Waals surface area contributed by atoms with Crippen LogP contribution in [0.1, 0.15) is 26.7 Å². The van der Waals surface area contributed by atoms with Gasteiger partial charge in [0.05, 0.1) is 7.11 Å². The lowest BCUT2D eigenvalue weighted by Crippen LogP contribution is -2.30. The molecule has 0 saturated heterocycles. The van der Waals surface area contributed by atoms with E-state index >= 15 is 0 Å². The summed E-state index contributed by atoms with van der Waals surface area (Å²) in [5.74, 6) is -0.554. The number of aliphatic imine (C=N–C) groups is 1. The monoisotopic (exact) mass is 268 g/mol. The molecule has 0 fully saturated rings. The zero-order chi connectivity index (χ0) is 13.3. The molecule has 0 N–H and O–H groups in total. The first-order valence-electron chi connectivity index (χ1n) is 5.90. The van der Waals surface area contributed by atoms with Crippen LogP contribution < -0.4 is 0 Å². The van der Waals surface area contributed by atoms with E-state index in [1.165, 1.54) is 12.7 Å². The zero-order valence-electron chi connectivity index (χ0n) is 10.7. The van der Waals surface area contributed by atoms with Gasteiger partial charge in [-0.25, -0.2) is 14.0 Å². The minimum Gasteiger partial charge on any atom is -0.465 e. The van der Waals surface area contributed by atoms with E-state index in [2.05, 4.69) is 16.7 Å². The maximum absolute atomic E-state index is 12.1. The molecule has 0 aromatic heterocycles. The Morgan fingerprint density at radius 1 is 1.50 bits per heavy atom. The number of fused-ring (bicyclic) bond motifs is 1. The highest BCUT2D eigenvalue weighted by molar-refractivity contribution is 8.05. The van der Waals surface area contributed by atoms with Crippen LogP contribution in [0.3, 0.4) is 0 Å². The van der Waals surface area contributed by atoms with Crippen molar-refractivity contribution in [1.29, 1.82) is 0 Å². The molecule has 2 rings (SSSR count). The lowest BCUT2D eigenvalue weighted by molar-refractivity contribution is -0.135. The van der Waals surface area contributed by atoms with Crippen LogP contribution in [0, 0.1) is 0 Å². The number of ether oxygens (including phenoxy) is 1. The van der Waals surface area contributed by atoms with E-state index in [1.807, 2.05) is 6.92 Å². The highest BCUT2D eigenvalue weighted by Gasteiger charge is 2.35. The Balaban J connectivity index is 2.36. The van der Waals surface area contributed by atoms with Gasteiger partial charge in [-0.1, -0.05) is 13.8 Å². The third-order valence-electron chi connectivity index (χ3n) is 3.03. The number of carbonyl (C=O) groups is 1. The van der Waals surface area contributed by atoms with Crippen molar-refractivity contribution in [2.75, 3.05) is 13.7 Å². The van der Waals surface area contributed by atoms with E-state index in [4.69, 9.17) is 0 Å². The third kappa shape index (κ3) is 2.01. The van der Waals surface area contributed by atoms with E-state index in [1.54, 1.807) is 11.1 Å². The maximum atomic E-state index is 12.1. The molecule has 18 heavy (non-hydrogen) atoms. The quantitative estimate of drug-likeness (QED) is 0.728. The van der Waals surface area contributed by atoms with Crippen LogP contribution in [-0.4, -0.2) is 33.9 Å². The summed E-state index contributed by atoms with van der Waals surface area (Å²) < 4.78 is 16.8. The molecule has 0 aliphatic carbocycles. The fourth-order valence-electron chi connectivity index (χ4n) is 2.03. The molecule has 0 amide bonds. The van der Waals surface area contributed by atoms with Crippen LogP contribution in [0.5, 0.6) is 0 Å². The van der Waals surface area contributed by atoms with Crippen molar-refractivity contribution in [3.05, 3.63) is 22.4 Å². The molecule has 0 radical (unpaired) electrons. The number of nitrogens with zero attached hydrogens (tertiary/aromatic N) is 2. The first kappa shape index (κ1) is 13.0. The number of rotatable bonds is 3. The zero-order valence-corrected chi connectivity index (χ0v) is 11.5. The van der Waals surface area contributed by atoms with E-state index in [0.717, 1.165) is 18.5 Å². The number of carbonyl (C=O) groups excluding carboxylic acids is 1. The van der Waals surface area contributed by atoms with E-state index < -0.39 is 16.8 Å². The summed E-state index contributed by atoms with van der Waals surface area (Å²) in [5, 5.41) is 0.449. The fourth-order valence-corrected chi connectivity index (χ4v) is 3.21. The molecule has 1 atom stereocenters. The molecule has 98 valence electrons. The van der Waals surface area contributed by atoms with Crippen molar-refractivity contribution in [2.45, 2.75) is 26.7 Å². The Kier molecular flexibility index (Phi) is 3.65. The van der Waals surface area contributed by atoms with Crippen LogP contribution >= 0.6 is 0 Å². The largest absolute Gasteiger partial charge is 0.465 e. The van der Waals surface area contributed by atoms with E-state index in [0.29, 0.717) is 11.7 Å². The number of amidine groups is 1. The molecule has 6 heteroatoms. The van der Waals surface area contributed by atoms with Gasteiger partial charge in [0, 0.05) is 18.4 Å². The van der Waals surface area contributed by atoms with Crippen molar-refractivity contribution in [2.24, 2.45) is 4.99 Å². The van der Waals surface area contributed by atoms with E-state index in [-0.39, 0.29) is 4.91 Å². The summed E-state index contributed by atoms with van der Waals surface area (Å²) in [7, 11) is -0.234. The number of hydrogen-bond donors (Lipinski definition) is 0. The van der Waals surface area contributed by atoms with Crippen LogP contribution in [0.15, 0.2) is 27.4 Å². The van der Waals surface area contributed by atoms with E-state index in [9.17, 15) is 9.00 Å². The van der Waals surface area contributed by atoms with Gasteiger partial charge in [0.15, 0.2) is 0 Å². The predicted octanol–water partition coefficient (Wildman–Crippen LogP) is 1.51. The Bertz CT molecular complexity index is 505. The second-order valence-electron chi connectivity index (χ2n) is 4.03. The van der Waals surface area contributed by atoms with Gasteiger partial charge in [0.1, 0.15) is 15.7 Å². The van der Waals surface area contributed by atoms with Crippen LogP contribution in [0.2, 0.25) is 0 Å². The summed E-state index contributed by atoms with van der Waals surface area (Å²) in [6.07, 6.45) is 3.30. The molecule has 2 heterocycles. The van der Waals surface area contributed by atoms with Gasteiger partial charge in [-0.3, -0.25) is 0 Å². The van der Waals surface area contributed by atoms with Crippen LogP contribution in [0.25, 0.3) is 0 Å². The average molecular weight is 268 g/mol. The summed E-state index contributed by atoms with van der Waals surface area (Å²) in [6.45, 7) is 4.76. The van der Waals surface area contributed by atoms with Crippen molar-refractivity contribution in [3.8, 4) is 0 Å².